The van der Waals surface area contributed by atoms with Crippen LogP contribution in [0.4, 0.5) is 13.2 Å². The fraction of sp³-hybridized carbons (Fsp3) is 0.700. The Balaban J connectivity index is 1.97. The molecule has 1 aromatic rings. The summed E-state index contributed by atoms with van der Waals surface area (Å²) in [6.45, 7) is 1.15. The Labute approximate surface area is 106 Å². The molecule has 2 rings (SSSR count). The summed E-state index contributed by atoms with van der Waals surface area (Å²) in [6, 6.07) is 0. The lowest BCUT2D eigenvalue weighted by molar-refractivity contribution is -0.157. The molecule has 1 fully saturated rings. The minimum Gasteiger partial charge on any atom is -0.416 e. The number of carbonyl (C=O) groups is 1. The van der Waals surface area contributed by atoms with Crippen LogP contribution in [0.15, 0.2) is 4.42 Å². The molecule has 0 spiro atoms. The molecule has 19 heavy (non-hydrogen) atoms. The number of hydrogen-bond acceptors (Lipinski definition) is 5. The third kappa shape index (κ3) is 3.43. The molecule has 0 radical (unpaired) electrons. The predicted molar refractivity (Wildman–Crippen MR) is 56.5 cm³/mol. The number of aromatic nitrogens is 2. The molecule has 0 bridgehead atoms. The number of hydrogen-bond donors (Lipinski definition) is 1. The van der Waals surface area contributed by atoms with Crippen LogP contribution in [0, 0.1) is 5.92 Å². The van der Waals surface area contributed by atoms with Gasteiger partial charge in [0.2, 0.25) is 11.8 Å². The van der Waals surface area contributed by atoms with E-state index in [0.29, 0.717) is 19.5 Å². The van der Waals surface area contributed by atoms with Gasteiger partial charge in [0.25, 0.3) is 0 Å². The summed E-state index contributed by atoms with van der Waals surface area (Å²) in [5, 5.41) is 6.30. The van der Waals surface area contributed by atoms with Gasteiger partial charge in [-0.15, -0.1) is 10.2 Å². The zero-order valence-electron chi connectivity index (χ0n) is 9.98. The number of nitrogens with two attached hydrogens (primary N) is 1. The van der Waals surface area contributed by atoms with Crippen LogP contribution in [0.2, 0.25) is 0 Å². The van der Waals surface area contributed by atoms with Crippen molar-refractivity contribution >= 4 is 5.91 Å². The van der Waals surface area contributed by atoms with Crippen molar-refractivity contribution in [1.82, 2.24) is 15.1 Å². The summed E-state index contributed by atoms with van der Waals surface area (Å²) < 4.78 is 41.4. The van der Waals surface area contributed by atoms with E-state index in [1.54, 1.807) is 4.90 Å². The molecule has 1 atom stereocenters. The zero-order valence-corrected chi connectivity index (χ0v) is 9.98. The molecular formula is C10H13F3N4O2. The van der Waals surface area contributed by atoms with Gasteiger partial charge in [0, 0.05) is 6.54 Å². The molecule has 106 valence electrons. The van der Waals surface area contributed by atoms with E-state index in [2.05, 4.69) is 14.6 Å². The van der Waals surface area contributed by atoms with Crippen molar-refractivity contribution in [3.8, 4) is 0 Å². The summed E-state index contributed by atoms with van der Waals surface area (Å²) in [6.07, 6.45) is -3.18. The third-order valence-corrected chi connectivity index (χ3v) is 2.98. The van der Waals surface area contributed by atoms with Gasteiger partial charge in [0.15, 0.2) is 0 Å². The van der Waals surface area contributed by atoms with Gasteiger partial charge in [-0.1, -0.05) is 0 Å². The molecule has 0 saturated carbocycles. The second kappa shape index (κ2) is 5.16. The van der Waals surface area contributed by atoms with Crippen molar-refractivity contribution in [3.63, 3.8) is 0 Å². The van der Waals surface area contributed by atoms with E-state index < -0.39 is 18.0 Å². The molecule has 2 N–H and O–H groups in total. The van der Waals surface area contributed by atoms with E-state index >= 15 is 0 Å². The van der Waals surface area contributed by atoms with Crippen LogP contribution in [0.25, 0.3) is 0 Å². The van der Waals surface area contributed by atoms with Crippen molar-refractivity contribution < 1.29 is 22.4 Å². The van der Waals surface area contributed by atoms with Crippen molar-refractivity contribution in [2.75, 3.05) is 13.1 Å². The van der Waals surface area contributed by atoms with Crippen molar-refractivity contribution in [2.24, 2.45) is 11.7 Å². The summed E-state index contributed by atoms with van der Waals surface area (Å²) in [7, 11) is 0. The molecule has 6 nitrogen and oxygen atoms in total. The first-order chi connectivity index (χ1) is 8.86. The Bertz CT molecular complexity index is 460. The quantitative estimate of drug-likeness (QED) is 0.883. The zero-order chi connectivity index (χ0) is 14.0. The van der Waals surface area contributed by atoms with Crippen LogP contribution >= 0.6 is 0 Å². The normalized spacial score (nSPS) is 21.5. The van der Waals surface area contributed by atoms with Gasteiger partial charge in [-0.05, 0) is 19.4 Å². The fourth-order valence-electron chi connectivity index (χ4n) is 2.05. The first-order valence-electron chi connectivity index (χ1n) is 5.77. The summed E-state index contributed by atoms with van der Waals surface area (Å²) >= 11 is 0. The number of primary amides is 1. The SMILES string of the molecule is NC(=O)C1CCCN(Cc2nnc(C(F)(F)F)o2)C1. The standard InChI is InChI=1S/C10H13F3N4O2/c11-10(12,13)9-16-15-7(19-9)5-17-3-1-2-6(4-17)8(14)18/h6H,1-5H2,(H2,14,18). The average molecular weight is 278 g/mol. The Morgan fingerprint density at radius 1 is 1.47 bits per heavy atom. The predicted octanol–water partition coefficient (Wildman–Crippen LogP) is 0.786. The van der Waals surface area contributed by atoms with Gasteiger partial charge in [0.05, 0.1) is 12.5 Å². The molecule has 2 heterocycles. The number of halogens is 3. The number of piperidine rings is 1. The molecule has 1 amide bonds. The number of carbonyl (C=O) groups excluding carboxylic acids is 1. The highest BCUT2D eigenvalue weighted by Gasteiger charge is 2.38. The van der Waals surface area contributed by atoms with Crippen molar-refractivity contribution in [1.29, 1.82) is 0 Å². The van der Waals surface area contributed by atoms with Gasteiger partial charge < -0.3 is 10.2 Å². The van der Waals surface area contributed by atoms with Gasteiger partial charge in [-0.25, -0.2) is 0 Å². The second-order valence-corrected chi connectivity index (χ2v) is 4.48. The van der Waals surface area contributed by atoms with E-state index in [-0.39, 0.29) is 18.4 Å². The Morgan fingerprint density at radius 2 is 2.21 bits per heavy atom. The number of nitrogens with zero attached hydrogens (tertiary/aromatic N) is 3. The Morgan fingerprint density at radius 3 is 2.79 bits per heavy atom. The Kier molecular flexibility index (Phi) is 3.74. The van der Waals surface area contributed by atoms with Crippen LogP contribution in [0.1, 0.15) is 24.6 Å². The maximum absolute atomic E-state index is 12.3. The average Bonchev–Trinajstić information content (AvgIpc) is 2.77. The number of likely N-dealkylation sites (tertiary alicyclic amines) is 1. The molecule has 1 aromatic heterocycles. The van der Waals surface area contributed by atoms with Crippen LogP contribution < -0.4 is 5.73 Å². The molecule has 1 aliphatic rings. The third-order valence-electron chi connectivity index (χ3n) is 2.98. The molecular weight excluding hydrogens is 265 g/mol. The minimum absolute atomic E-state index is 0.0901. The molecule has 0 aliphatic carbocycles. The lowest BCUT2D eigenvalue weighted by atomic mass is 9.97. The molecule has 1 saturated heterocycles. The van der Waals surface area contributed by atoms with Gasteiger partial charge >= 0.3 is 12.1 Å². The Hall–Kier alpha value is -1.64. The molecule has 1 aliphatic heterocycles. The monoisotopic (exact) mass is 278 g/mol. The van der Waals surface area contributed by atoms with Crippen molar-refractivity contribution in [2.45, 2.75) is 25.6 Å². The highest BCUT2D eigenvalue weighted by Crippen LogP contribution is 2.28. The first-order valence-corrected chi connectivity index (χ1v) is 5.77. The van der Waals surface area contributed by atoms with Crippen LogP contribution in [0.5, 0.6) is 0 Å². The highest BCUT2D eigenvalue weighted by molar-refractivity contribution is 5.76. The molecule has 0 aromatic carbocycles. The number of alkyl halides is 3. The number of amides is 1. The lowest BCUT2D eigenvalue weighted by Gasteiger charge is -2.29. The molecule has 9 heteroatoms. The highest BCUT2D eigenvalue weighted by atomic mass is 19.4. The van der Waals surface area contributed by atoms with Gasteiger partial charge in [-0.3, -0.25) is 9.69 Å². The van der Waals surface area contributed by atoms with Gasteiger partial charge in [0.1, 0.15) is 0 Å². The van der Waals surface area contributed by atoms with Crippen LogP contribution in [-0.4, -0.2) is 34.1 Å². The van der Waals surface area contributed by atoms with E-state index in [1.165, 1.54) is 0 Å². The fourth-order valence-corrected chi connectivity index (χ4v) is 2.05. The van der Waals surface area contributed by atoms with E-state index in [4.69, 9.17) is 5.73 Å². The smallest absolute Gasteiger partial charge is 0.416 e. The first kappa shape index (κ1) is 13.8. The maximum atomic E-state index is 12.3. The lowest BCUT2D eigenvalue weighted by Crippen LogP contribution is -2.40. The van der Waals surface area contributed by atoms with Crippen molar-refractivity contribution in [3.05, 3.63) is 11.8 Å². The van der Waals surface area contributed by atoms with Crippen LogP contribution in [0.3, 0.4) is 0 Å². The number of rotatable bonds is 3. The van der Waals surface area contributed by atoms with Gasteiger partial charge in [-0.2, -0.15) is 13.2 Å². The van der Waals surface area contributed by atoms with E-state index in [0.717, 1.165) is 6.42 Å². The second-order valence-electron chi connectivity index (χ2n) is 4.48. The minimum atomic E-state index is -4.64. The topological polar surface area (TPSA) is 85.3 Å². The summed E-state index contributed by atoms with van der Waals surface area (Å²) in [5.74, 6) is -2.15. The molecule has 1 unspecified atom stereocenters. The van der Waals surface area contributed by atoms with Crippen LogP contribution in [-0.2, 0) is 17.5 Å². The summed E-state index contributed by atoms with van der Waals surface area (Å²) in [5.41, 5.74) is 5.22. The van der Waals surface area contributed by atoms with E-state index in [1.807, 2.05) is 0 Å². The largest absolute Gasteiger partial charge is 0.470 e. The summed E-state index contributed by atoms with van der Waals surface area (Å²) in [4.78, 5) is 12.9. The van der Waals surface area contributed by atoms with E-state index in [9.17, 15) is 18.0 Å². The maximum Gasteiger partial charge on any atom is 0.470 e.